The second-order valence-electron chi connectivity index (χ2n) is 5.41. The first-order chi connectivity index (χ1) is 7.92. The molecule has 0 radical (unpaired) electrons. The van der Waals surface area contributed by atoms with Gasteiger partial charge in [-0.15, -0.1) is 0 Å². The van der Waals surface area contributed by atoms with Crippen LogP contribution in [0.5, 0.6) is 0 Å². The third-order valence-electron chi connectivity index (χ3n) is 3.72. The lowest BCUT2D eigenvalue weighted by molar-refractivity contribution is -0.125. The summed E-state index contributed by atoms with van der Waals surface area (Å²) in [5.41, 5.74) is 7.69. The van der Waals surface area contributed by atoms with Gasteiger partial charge in [0.25, 0.3) is 0 Å². The fraction of sp³-hybridized carbons (Fsp3) is 0.500. The van der Waals surface area contributed by atoms with Crippen molar-refractivity contribution in [2.75, 3.05) is 7.05 Å². The van der Waals surface area contributed by atoms with Gasteiger partial charge < -0.3 is 11.1 Å². The van der Waals surface area contributed by atoms with Crippen LogP contribution >= 0.6 is 0 Å². The van der Waals surface area contributed by atoms with Crippen LogP contribution in [0, 0.1) is 0 Å². The van der Waals surface area contributed by atoms with Crippen molar-refractivity contribution in [3.05, 3.63) is 35.4 Å². The summed E-state index contributed by atoms with van der Waals surface area (Å²) >= 11 is 0. The minimum absolute atomic E-state index is 0.0224. The summed E-state index contributed by atoms with van der Waals surface area (Å²) in [4.78, 5) is 12.0. The van der Waals surface area contributed by atoms with Gasteiger partial charge in [0.05, 0.1) is 5.41 Å². The van der Waals surface area contributed by atoms with Crippen molar-refractivity contribution < 1.29 is 4.79 Å². The van der Waals surface area contributed by atoms with E-state index in [1.54, 1.807) is 7.05 Å². The van der Waals surface area contributed by atoms with Gasteiger partial charge in [0.15, 0.2) is 0 Å². The number of likely N-dealkylation sites (N-methyl/N-ethyl adjacent to an activating group) is 1. The molecule has 1 aromatic rings. The zero-order valence-corrected chi connectivity index (χ0v) is 10.7. The number of carbonyl (C=O) groups excluding carboxylic acids is 1. The topological polar surface area (TPSA) is 55.1 Å². The molecule has 3 nitrogen and oxygen atoms in total. The molecule has 3 N–H and O–H groups in total. The molecular formula is C14H20N2O. The van der Waals surface area contributed by atoms with Crippen LogP contribution in [-0.4, -0.2) is 13.0 Å². The first-order valence-corrected chi connectivity index (χ1v) is 6.03. The Hall–Kier alpha value is -1.35. The van der Waals surface area contributed by atoms with Gasteiger partial charge in [-0.3, -0.25) is 4.79 Å². The van der Waals surface area contributed by atoms with E-state index in [4.69, 9.17) is 5.73 Å². The highest BCUT2D eigenvalue weighted by atomic mass is 16.2. The minimum Gasteiger partial charge on any atom is -0.358 e. The maximum atomic E-state index is 12.0. The van der Waals surface area contributed by atoms with E-state index in [1.165, 1.54) is 0 Å². The molecule has 92 valence electrons. The van der Waals surface area contributed by atoms with E-state index in [0.29, 0.717) is 0 Å². The van der Waals surface area contributed by atoms with Crippen LogP contribution in [0.3, 0.4) is 0 Å². The van der Waals surface area contributed by atoms with Crippen LogP contribution < -0.4 is 11.1 Å². The molecule has 0 atom stereocenters. The lowest BCUT2D eigenvalue weighted by Crippen LogP contribution is -2.40. The van der Waals surface area contributed by atoms with Gasteiger partial charge in [0.2, 0.25) is 5.91 Å². The van der Waals surface area contributed by atoms with E-state index in [0.717, 1.165) is 24.0 Å². The van der Waals surface area contributed by atoms with Crippen LogP contribution in [0.1, 0.15) is 37.8 Å². The third kappa shape index (κ3) is 1.95. The number of rotatable bonds is 3. The predicted molar refractivity (Wildman–Crippen MR) is 68.6 cm³/mol. The molecule has 0 aromatic heterocycles. The molecule has 0 heterocycles. The summed E-state index contributed by atoms with van der Waals surface area (Å²) in [5, 5.41) is 2.72. The average molecular weight is 232 g/mol. The van der Waals surface area contributed by atoms with Crippen molar-refractivity contribution in [3.63, 3.8) is 0 Å². The quantitative estimate of drug-likeness (QED) is 0.832. The third-order valence-corrected chi connectivity index (χ3v) is 3.72. The zero-order valence-electron chi connectivity index (χ0n) is 10.7. The molecule has 0 bridgehead atoms. The Morgan fingerprint density at radius 1 is 1.35 bits per heavy atom. The van der Waals surface area contributed by atoms with E-state index in [1.807, 2.05) is 38.1 Å². The van der Waals surface area contributed by atoms with Gasteiger partial charge >= 0.3 is 0 Å². The van der Waals surface area contributed by atoms with E-state index in [9.17, 15) is 4.79 Å². The van der Waals surface area contributed by atoms with Crippen molar-refractivity contribution in [2.24, 2.45) is 5.73 Å². The van der Waals surface area contributed by atoms with E-state index >= 15 is 0 Å². The van der Waals surface area contributed by atoms with Crippen LogP contribution in [0.4, 0.5) is 0 Å². The smallest absolute Gasteiger partial charge is 0.229 e. The van der Waals surface area contributed by atoms with E-state index in [2.05, 4.69) is 5.32 Å². The molecule has 0 aliphatic heterocycles. The van der Waals surface area contributed by atoms with Crippen LogP contribution in [0.15, 0.2) is 24.3 Å². The Kier molecular flexibility index (Phi) is 2.74. The highest BCUT2D eigenvalue weighted by Crippen LogP contribution is 2.46. The van der Waals surface area contributed by atoms with Gasteiger partial charge in [-0.05, 0) is 37.8 Å². The maximum Gasteiger partial charge on any atom is 0.229 e. The molecule has 3 heteroatoms. The minimum atomic E-state index is -0.541. The molecule has 1 aliphatic rings. The molecule has 0 saturated heterocycles. The average Bonchev–Trinajstić information content (AvgIpc) is 3.07. The molecule has 1 saturated carbocycles. The summed E-state index contributed by atoms with van der Waals surface area (Å²) < 4.78 is 0. The van der Waals surface area contributed by atoms with Crippen molar-refractivity contribution in [1.29, 1.82) is 0 Å². The molecule has 1 fully saturated rings. The highest BCUT2D eigenvalue weighted by molar-refractivity contribution is 5.87. The summed E-state index contributed by atoms with van der Waals surface area (Å²) in [6.45, 7) is 3.88. The normalized spacial score (nSPS) is 17.6. The van der Waals surface area contributed by atoms with Gasteiger partial charge in [-0.2, -0.15) is 0 Å². The van der Waals surface area contributed by atoms with Gasteiger partial charge in [0.1, 0.15) is 0 Å². The number of carbonyl (C=O) groups is 1. The number of hydrogen-bond acceptors (Lipinski definition) is 2. The van der Waals surface area contributed by atoms with Gasteiger partial charge in [-0.25, -0.2) is 0 Å². The molecule has 0 spiro atoms. The monoisotopic (exact) mass is 232 g/mol. The van der Waals surface area contributed by atoms with Crippen LogP contribution in [0.2, 0.25) is 0 Å². The summed E-state index contributed by atoms with van der Waals surface area (Å²) in [7, 11) is 1.67. The van der Waals surface area contributed by atoms with E-state index in [-0.39, 0.29) is 11.4 Å². The first-order valence-electron chi connectivity index (χ1n) is 6.03. The number of nitrogens with one attached hydrogen (secondary N) is 1. The highest BCUT2D eigenvalue weighted by Gasteiger charge is 2.44. The van der Waals surface area contributed by atoms with E-state index < -0.39 is 5.41 Å². The lowest BCUT2D eigenvalue weighted by atomic mass is 9.79. The SMILES string of the molecule is CNC(=O)C(C)(C)c1ccccc1C1(N)CC1. The second-order valence-corrected chi connectivity index (χ2v) is 5.41. The fourth-order valence-corrected chi connectivity index (χ4v) is 2.30. The zero-order chi connectivity index (χ0) is 12.7. The predicted octanol–water partition coefficient (Wildman–Crippen LogP) is 1.66. The Morgan fingerprint density at radius 2 is 1.94 bits per heavy atom. The van der Waals surface area contributed by atoms with Crippen LogP contribution in [0.25, 0.3) is 0 Å². The lowest BCUT2D eigenvalue weighted by Gasteiger charge is -2.28. The summed E-state index contributed by atoms with van der Waals surface area (Å²) in [6, 6.07) is 8.02. The van der Waals surface area contributed by atoms with Crippen molar-refractivity contribution in [1.82, 2.24) is 5.32 Å². The van der Waals surface area contributed by atoms with Crippen LogP contribution in [-0.2, 0) is 15.7 Å². The second kappa shape index (κ2) is 3.84. The summed E-state index contributed by atoms with van der Waals surface area (Å²) in [6.07, 6.45) is 2.02. The fourth-order valence-electron chi connectivity index (χ4n) is 2.30. The number of benzene rings is 1. The van der Waals surface area contributed by atoms with Gasteiger partial charge in [0, 0.05) is 12.6 Å². The Morgan fingerprint density at radius 3 is 2.47 bits per heavy atom. The number of nitrogens with two attached hydrogens (primary N) is 1. The molecule has 17 heavy (non-hydrogen) atoms. The Balaban J connectivity index is 2.48. The largest absolute Gasteiger partial charge is 0.358 e. The summed E-state index contributed by atoms with van der Waals surface area (Å²) in [5.74, 6) is 0.0224. The molecule has 0 unspecified atom stereocenters. The first kappa shape index (κ1) is 12.1. The molecule has 1 aliphatic carbocycles. The Labute approximate surface area is 102 Å². The van der Waals surface area contributed by atoms with Crippen molar-refractivity contribution >= 4 is 5.91 Å². The maximum absolute atomic E-state index is 12.0. The standard InChI is InChI=1S/C14H20N2O/c1-13(2,12(17)16-3)10-6-4-5-7-11(10)14(15)8-9-14/h4-7H,8-9,15H2,1-3H3,(H,16,17). The van der Waals surface area contributed by atoms with Crippen molar-refractivity contribution in [3.8, 4) is 0 Å². The molecule has 2 rings (SSSR count). The molecular weight excluding hydrogens is 212 g/mol. The van der Waals surface area contributed by atoms with Crippen molar-refractivity contribution in [2.45, 2.75) is 37.6 Å². The molecule has 1 aromatic carbocycles. The van der Waals surface area contributed by atoms with Gasteiger partial charge in [-0.1, -0.05) is 24.3 Å². The molecule has 1 amide bonds. The Bertz CT molecular complexity index is 447. The number of hydrogen-bond donors (Lipinski definition) is 2. The number of amides is 1.